The first-order chi connectivity index (χ1) is 12.8. The molecule has 0 N–H and O–H groups in total. The minimum atomic E-state index is -4.47. The maximum absolute atomic E-state index is 13.1. The lowest BCUT2D eigenvalue weighted by Crippen LogP contribution is -2.41. The van der Waals surface area contributed by atoms with E-state index < -0.39 is 17.9 Å². The molecule has 27 heavy (non-hydrogen) atoms. The number of likely N-dealkylation sites (tertiary alicyclic amines) is 1. The summed E-state index contributed by atoms with van der Waals surface area (Å²) in [4.78, 5) is 18.4. The van der Waals surface area contributed by atoms with Crippen LogP contribution in [-0.2, 0) is 6.18 Å². The van der Waals surface area contributed by atoms with Crippen LogP contribution in [0.5, 0.6) is 5.88 Å². The molecule has 0 saturated carbocycles. The molecule has 0 aromatic carbocycles. The Balaban J connectivity index is 1.73. The van der Waals surface area contributed by atoms with E-state index >= 15 is 0 Å². The van der Waals surface area contributed by atoms with Gasteiger partial charge >= 0.3 is 6.18 Å². The van der Waals surface area contributed by atoms with Crippen molar-refractivity contribution in [3.05, 3.63) is 41.9 Å². The van der Waals surface area contributed by atoms with E-state index in [1.807, 2.05) is 13.8 Å². The third kappa shape index (κ3) is 4.40. The molecule has 2 aromatic rings. The zero-order valence-corrected chi connectivity index (χ0v) is 15.1. The lowest BCUT2D eigenvalue weighted by Gasteiger charge is -2.33. The Morgan fingerprint density at radius 1 is 1.30 bits per heavy atom. The molecule has 6 nitrogen and oxygen atoms in total. The second-order valence-electron chi connectivity index (χ2n) is 6.76. The Hall–Kier alpha value is -2.58. The van der Waals surface area contributed by atoms with Crippen LogP contribution >= 0.6 is 0 Å². The zero-order chi connectivity index (χ0) is 19.6. The van der Waals surface area contributed by atoms with E-state index in [1.54, 1.807) is 17.0 Å². The highest BCUT2D eigenvalue weighted by Crippen LogP contribution is 2.33. The van der Waals surface area contributed by atoms with Gasteiger partial charge in [0.1, 0.15) is 5.69 Å². The SMILES string of the molecule is CC(C)Oc1ccc(C(=O)N2CCCC(n3nccc3C(F)(F)F)C2)cn1. The number of pyridine rings is 1. The molecule has 0 aliphatic carbocycles. The van der Waals surface area contributed by atoms with E-state index in [2.05, 4.69) is 10.1 Å². The molecule has 0 spiro atoms. The van der Waals surface area contributed by atoms with Crippen LogP contribution in [0.1, 0.15) is 48.8 Å². The van der Waals surface area contributed by atoms with E-state index in [0.717, 1.165) is 16.9 Å². The molecule has 1 fully saturated rings. The van der Waals surface area contributed by atoms with Crippen molar-refractivity contribution >= 4 is 5.91 Å². The molecule has 1 amide bonds. The molecule has 3 heterocycles. The van der Waals surface area contributed by atoms with Crippen molar-refractivity contribution in [2.45, 2.75) is 45.0 Å². The number of aromatic nitrogens is 3. The van der Waals surface area contributed by atoms with E-state index in [0.29, 0.717) is 30.8 Å². The van der Waals surface area contributed by atoms with Crippen LogP contribution < -0.4 is 4.74 Å². The van der Waals surface area contributed by atoms with Crippen molar-refractivity contribution in [2.75, 3.05) is 13.1 Å². The van der Waals surface area contributed by atoms with E-state index in [1.165, 1.54) is 6.20 Å². The van der Waals surface area contributed by atoms with Gasteiger partial charge in [0.15, 0.2) is 0 Å². The average molecular weight is 382 g/mol. The fourth-order valence-electron chi connectivity index (χ4n) is 3.17. The summed E-state index contributed by atoms with van der Waals surface area (Å²) in [5.41, 5.74) is -0.415. The molecule has 1 unspecified atom stereocenters. The minimum absolute atomic E-state index is 0.0289. The van der Waals surface area contributed by atoms with Gasteiger partial charge in [0.2, 0.25) is 5.88 Å². The van der Waals surface area contributed by atoms with Crippen molar-refractivity contribution in [2.24, 2.45) is 0 Å². The molecule has 1 aliphatic rings. The van der Waals surface area contributed by atoms with Gasteiger partial charge in [-0.25, -0.2) is 4.98 Å². The van der Waals surface area contributed by atoms with Crippen LogP contribution in [0, 0.1) is 0 Å². The van der Waals surface area contributed by atoms with Crippen LogP contribution in [0.2, 0.25) is 0 Å². The van der Waals surface area contributed by atoms with Crippen molar-refractivity contribution < 1.29 is 22.7 Å². The molecule has 0 radical (unpaired) electrons. The number of halogens is 3. The topological polar surface area (TPSA) is 60.2 Å². The number of hydrogen-bond acceptors (Lipinski definition) is 4. The van der Waals surface area contributed by atoms with Crippen molar-refractivity contribution in [1.29, 1.82) is 0 Å². The summed E-state index contributed by atoms with van der Waals surface area (Å²) in [6.45, 7) is 4.41. The summed E-state index contributed by atoms with van der Waals surface area (Å²) < 4.78 is 45.8. The smallest absolute Gasteiger partial charge is 0.433 e. The number of carbonyl (C=O) groups excluding carboxylic acids is 1. The maximum Gasteiger partial charge on any atom is 0.433 e. The molecule has 3 rings (SSSR count). The molecule has 9 heteroatoms. The first-order valence-electron chi connectivity index (χ1n) is 8.78. The van der Waals surface area contributed by atoms with Crippen LogP contribution in [-0.4, -0.2) is 44.8 Å². The van der Waals surface area contributed by atoms with Crippen LogP contribution in [0.15, 0.2) is 30.6 Å². The molecule has 0 bridgehead atoms. The lowest BCUT2D eigenvalue weighted by molar-refractivity contribution is -0.145. The number of amides is 1. The normalized spacial score (nSPS) is 18.0. The lowest BCUT2D eigenvalue weighted by atomic mass is 10.0. The minimum Gasteiger partial charge on any atom is -0.475 e. The summed E-state index contributed by atoms with van der Waals surface area (Å²) in [6.07, 6.45) is -0.791. The standard InChI is InChI=1S/C18H21F3N4O2/c1-12(2)27-16-6-5-13(10-22-16)17(26)24-9-3-4-14(11-24)25-15(7-8-23-25)18(19,20)21/h5-8,10,12,14H,3-4,9,11H2,1-2H3. The third-order valence-corrected chi connectivity index (χ3v) is 4.33. The Bertz CT molecular complexity index is 787. The Labute approximate surface area is 154 Å². The second kappa shape index (κ2) is 7.58. The van der Waals surface area contributed by atoms with Gasteiger partial charge in [-0.05, 0) is 38.8 Å². The average Bonchev–Trinajstić information content (AvgIpc) is 3.12. The number of nitrogens with zero attached hydrogens (tertiary/aromatic N) is 4. The van der Waals surface area contributed by atoms with Crippen molar-refractivity contribution in [3.8, 4) is 5.88 Å². The summed E-state index contributed by atoms with van der Waals surface area (Å²) in [5, 5.41) is 3.84. The van der Waals surface area contributed by atoms with E-state index in [9.17, 15) is 18.0 Å². The second-order valence-corrected chi connectivity index (χ2v) is 6.76. The molecular weight excluding hydrogens is 361 g/mol. The first kappa shape index (κ1) is 19.2. The molecule has 1 aliphatic heterocycles. The summed E-state index contributed by atoms with van der Waals surface area (Å²) >= 11 is 0. The quantitative estimate of drug-likeness (QED) is 0.811. The summed E-state index contributed by atoms with van der Waals surface area (Å²) in [6, 6.07) is 3.68. The fourth-order valence-corrected chi connectivity index (χ4v) is 3.17. The van der Waals surface area contributed by atoms with Gasteiger partial charge in [-0.2, -0.15) is 18.3 Å². The number of rotatable bonds is 4. The van der Waals surface area contributed by atoms with Crippen molar-refractivity contribution in [3.63, 3.8) is 0 Å². The Kier molecular flexibility index (Phi) is 5.38. The molecule has 1 atom stereocenters. The van der Waals surface area contributed by atoms with E-state index in [4.69, 9.17) is 4.74 Å². The largest absolute Gasteiger partial charge is 0.475 e. The molecule has 2 aromatic heterocycles. The van der Waals surface area contributed by atoms with E-state index in [-0.39, 0.29) is 18.6 Å². The zero-order valence-electron chi connectivity index (χ0n) is 15.1. The fraction of sp³-hybridized carbons (Fsp3) is 0.500. The van der Waals surface area contributed by atoms with Gasteiger partial charge in [0.05, 0.1) is 17.7 Å². The third-order valence-electron chi connectivity index (χ3n) is 4.33. The highest BCUT2D eigenvalue weighted by Gasteiger charge is 2.37. The van der Waals surface area contributed by atoms with Crippen LogP contribution in [0.4, 0.5) is 13.2 Å². The number of hydrogen-bond donors (Lipinski definition) is 0. The Morgan fingerprint density at radius 3 is 2.70 bits per heavy atom. The maximum atomic E-state index is 13.1. The molecular formula is C18H21F3N4O2. The van der Waals surface area contributed by atoms with Gasteiger partial charge in [0, 0.05) is 31.5 Å². The van der Waals surface area contributed by atoms with Gasteiger partial charge in [-0.15, -0.1) is 0 Å². The summed E-state index contributed by atoms with van der Waals surface area (Å²) in [5.74, 6) is 0.161. The van der Waals surface area contributed by atoms with Gasteiger partial charge in [-0.1, -0.05) is 0 Å². The monoisotopic (exact) mass is 382 g/mol. The predicted octanol–water partition coefficient (Wildman–Crippen LogP) is 3.56. The number of carbonyl (C=O) groups is 1. The summed E-state index contributed by atoms with van der Waals surface area (Å²) in [7, 11) is 0. The molecule has 146 valence electrons. The van der Waals surface area contributed by atoms with Crippen LogP contribution in [0.25, 0.3) is 0 Å². The van der Waals surface area contributed by atoms with Crippen LogP contribution in [0.3, 0.4) is 0 Å². The number of ether oxygens (including phenoxy) is 1. The first-order valence-corrected chi connectivity index (χ1v) is 8.78. The Morgan fingerprint density at radius 2 is 2.07 bits per heavy atom. The van der Waals surface area contributed by atoms with Crippen molar-refractivity contribution in [1.82, 2.24) is 19.7 Å². The van der Waals surface area contributed by atoms with Gasteiger partial charge in [0.25, 0.3) is 5.91 Å². The van der Waals surface area contributed by atoms with Gasteiger partial charge in [-0.3, -0.25) is 9.48 Å². The number of alkyl halides is 3. The highest BCUT2D eigenvalue weighted by atomic mass is 19.4. The predicted molar refractivity (Wildman–Crippen MR) is 91.4 cm³/mol. The van der Waals surface area contributed by atoms with Gasteiger partial charge < -0.3 is 9.64 Å². The number of piperidine rings is 1. The molecule has 1 saturated heterocycles. The highest BCUT2D eigenvalue weighted by molar-refractivity contribution is 5.94.